The minimum Gasteiger partial charge on any atom is -0.435 e. The van der Waals surface area contributed by atoms with Crippen LogP contribution >= 0.6 is 11.3 Å². The summed E-state index contributed by atoms with van der Waals surface area (Å²) >= 11 is 1.10. The van der Waals surface area contributed by atoms with Gasteiger partial charge in [-0.2, -0.15) is 13.9 Å². The van der Waals surface area contributed by atoms with Crippen LogP contribution in [-0.4, -0.2) is 32.1 Å². The Bertz CT molecular complexity index is 1570. The molecule has 1 amide bonds. The molecule has 188 valence electrons. The first-order chi connectivity index (χ1) is 17.8. The van der Waals surface area contributed by atoms with E-state index in [1.807, 2.05) is 0 Å². The molecule has 3 aromatic heterocycles. The second-order valence-corrected chi connectivity index (χ2v) is 8.42. The average molecular weight is 531 g/mol. The Morgan fingerprint density at radius 1 is 0.946 bits per heavy atom. The number of halogens is 5. The van der Waals surface area contributed by atoms with E-state index in [9.17, 15) is 26.7 Å². The van der Waals surface area contributed by atoms with E-state index in [1.165, 1.54) is 48.5 Å². The number of nitrogens with zero attached hydrogens (tertiary/aromatic N) is 4. The molecule has 0 saturated carbocycles. The number of hydrogen-bond donors (Lipinski definition) is 1. The highest BCUT2D eigenvalue weighted by molar-refractivity contribution is 7.14. The van der Waals surface area contributed by atoms with Gasteiger partial charge < -0.3 is 4.74 Å². The maximum Gasteiger partial charge on any atom is 0.387 e. The number of carbonyl (C=O) groups excluding carboxylic acids is 1. The molecule has 0 atom stereocenters. The van der Waals surface area contributed by atoms with Crippen molar-refractivity contribution in [3.8, 4) is 28.3 Å². The van der Waals surface area contributed by atoms with Gasteiger partial charge in [-0.25, -0.2) is 27.7 Å². The van der Waals surface area contributed by atoms with Crippen molar-refractivity contribution in [1.29, 1.82) is 0 Å². The normalized spacial score (nSPS) is 11.4. The number of ether oxygens (including phenoxy) is 1. The van der Waals surface area contributed by atoms with Crippen LogP contribution < -0.4 is 10.1 Å². The number of fused-ring (bicyclic) bond motifs is 1. The predicted molar refractivity (Wildman–Crippen MR) is 125 cm³/mol. The summed E-state index contributed by atoms with van der Waals surface area (Å²) < 4.78 is 70.7. The van der Waals surface area contributed by atoms with E-state index in [2.05, 4.69) is 25.1 Å². The monoisotopic (exact) mass is 531 g/mol. The molecule has 37 heavy (non-hydrogen) atoms. The van der Waals surface area contributed by atoms with E-state index in [1.54, 1.807) is 5.38 Å². The van der Waals surface area contributed by atoms with Gasteiger partial charge in [0.05, 0.1) is 17.6 Å². The third-order valence-electron chi connectivity index (χ3n) is 5.21. The Balaban J connectivity index is 1.42. The Labute approximate surface area is 209 Å². The molecule has 0 aliphatic carbocycles. The number of benzene rings is 2. The number of nitrogens with one attached hydrogen (secondary N) is 1. The molecule has 0 spiro atoms. The number of rotatable bonds is 7. The quantitative estimate of drug-likeness (QED) is 0.244. The van der Waals surface area contributed by atoms with Gasteiger partial charge in [0.15, 0.2) is 10.8 Å². The van der Waals surface area contributed by atoms with E-state index >= 15 is 0 Å². The maximum atomic E-state index is 13.8. The van der Waals surface area contributed by atoms with Crippen molar-refractivity contribution in [2.75, 3.05) is 5.32 Å². The van der Waals surface area contributed by atoms with Gasteiger partial charge in [-0.1, -0.05) is 0 Å². The minimum atomic E-state index is -2.94. The molecule has 0 radical (unpaired) electrons. The van der Waals surface area contributed by atoms with E-state index in [0.29, 0.717) is 16.8 Å². The number of aromatic nitrogens is 4. The third kappa shape index (κ3) is 5.11. The van der Waals surface area contributed by atoms with Crippen LogP contribution in [-0.2, 0) is 0 Å². The van der Waals surface area contributed by atoms with E-state index in [4.69, 9.17) is 0 Å². The highest BCUT2D eigenvalue weighted by Gasteiger charge is 2.22. The molecular weight excluding hydrogens is 517 g/mol. The molecule has 0 fully saturated rings. The molecule has 5 aromatic rings. The highest BCUT2D eigenvalue weighted by Crippen LogP contribution is 2.29. The van der Waals surface area contributed by atoms with Crippen LogP contribution in [0.3, 0.4) is 0 Å². The molecule has 7 nitrogen and oxygen atoms in total. The fourth-order valence-electron chi connectivity index (χ4n) is 3.51. The smallest absolute Gasteiger partial charge is 0.387 e. The number of amides is 1. The number of alkyl halides is 4. The first-order valence-electron chi connectivity index (χ1n) is 10.5. The van der Waals surface area contributed by atoms with Crippen molar-refractivity contribution in [3.05, 3.63) is 83.2 Å². The topological polar surface area (TPSA) is 81.4 Å². The second kappa shape index (κ2) is 9.93. The molecule has 13 heteroatoms. The van der Waals surface area contributed by atoms with Crippen LogP contribution in [0.2, 0.25) is 0 Å². The zero-order valence-corrected chi connectivity index (χ0v) is 19.2. The minimum absolute atomic E-state index is 0.00809. The van der Waals surface area contributed by atoms with Crippen molar-refractivity contribution >= 4 is 28.0 Å². The second-order valence-electron chi connectivity index (χ2n) is 7.56. The summed E-state index contributed by atoms with van der Waals surface area (Å²) in [5, 5.41) is 8.35. The molecule has 5 rings (SSSR count). The summed E-state index contributed by atoms with van der Waals surface area (Å²) in [6.07, 6.45) is -1.80. The van der Waals surface area contributed by atoms with E-state index < -0.39 is 30.5 Å². The summed E-state index contributed by atoms with van der Waals surface area (Å²) in [7, 11) is 0. The lowest BCUT2D eigenvalue weighted by Gasteiger charge is -2.08. The SMILES string of the molecule is O=C(Nc1nc(-c2ccc(OC(F)F)cc2)cs1)c1cnn2c(C(F)F)cc(-c3ccc(F)cc3)nc12. The van der Waals surface area contributed by atoms with Gasteiger partial charge in [0.1, 0.15) is 22.8 Å². The fourth-order valence-corrected chi connectivity index (χ4v) is 4.22. The van der Waals surface area contributed by atoms with Gasteiger partial charge in [0.25, 0.3) is 12.3 Å². The van der Waals surface area contributed by atoms with E-state index in [0.717, 1.165) is 28.1 Å². The lowest BCUT2D eigenvalue weighted by Crippen LogP contribution is -2.12. The first kappa shape index (κ1) is 24.3. The molecule has 0 saturated heterocycles. The van der Waals surface area contributed by atoms with Crippen molar-refractivity contribution in [3.63, 3.8) is 0 Å². The summed E-state index contributed by atoms with van der Waals surface area (Å²) in [6.45, 7) is -2.94. The molecular formula is C24H14F5N5O2S. The summed E-state index contributed by atoms with van der Waals surface area (Å²) in [4.78, 5) is 21.6. The fraction of sp³-hybridized carbons (Fsp3) is 0.0833. The van der Waals surface area contributed by atoms with E-state index in [-0.39, 0.29) is 27.8 Å². The van der Waals surface area contributed by atoms with Gasteiger partial charge in [-0.15, -0.1) is 11.3 Å². The van der Waals surface area contributed by atoms with Gasteiger partial charge in [-0.3, -0.25) is 10.1 Å². The number of hydrogen-bond acceptors (Lipinski definition) is 6. The lowest BCUT2D eigenvalue weighted by atomic mass is 10.1. The summed E-state index contributed by atoms with van der Waals surface area (Å²) in [5.74, 6) is -1.18. The first-order valence-corrected chi connectivity index (χ1v) is 11.4. The Kier molecular flexibility index (Phi) is 6.53. The summed E-state index contributed by atoms with van der Waals surface area (Å²) in [5.41, 5.74) is 0.902. The van der Waals surface area contributed by atoms with Crippen LogP contribution in [0.4, 0.5) is 27.1 Å². The number of thiazole rings is 1. The molecule has 0 aliphatic rings. The lowest BCUT2D eigenvalue weighted by molar-refractivity contribution is -0.0498. The third-order valence-corrected chi connectivity index (χ3v) is 5.97. The highest BCUT2D eigenvalue weighted by atomic mass is 32.1. The zero-order chi connectivity index (χ0) is 26.1. The van der Waals surface area contributed by atoms with Gasteiger partial charge in [0.2, 0.25) is 0 Å². The largest absolute Gasteiger partial charge is 0.435 e. The van der Waals surface area contributed by atoms with Crippen LogP contribution in [0.15, 0.2) is 66.2 Å². The molecule has 1 N–H and O–H groups in total. The van der Waals surface area contributed by atoms with Crippen LogP contribution in [0.1, 0.15) is 22.5 Å². The van der Waals surface area contributed by atoms with Crippen molar-refractivity contribution in [1.82, 2.24) is 19.6 Å². The van der Waals surface area contributed by atoms with Gasteiger partial charge in [0, 0.05) is 16.5 Å². The maximum absolute atomic E-state index is 13.8. The molecule has 2 aromatic carbocycles. The summed E-state index contributed by atoms with van der Waals surface area (Å²) in [6, 6.07) is 12.1. The number of carbonyl (C=O) groups is 1. The number of anilines is 1. The Hall–Kier alpha value is -4.39. The Morgan fingerprint density at radius 3 is 2.30 bits per heavy atom. The zero-order valence-electron chi connectivity index (χ0n) is 18.4. The van der Waals surface area contributed by atoms with Crippen molar-refractivity contribution in [2.24, 2.45) is 0 Å². The molecule has 0 bridgehead atoms. The van der Waals surface area contributed by atoms with Gasteiger partial charge in [-0.05, 0) is 54.6 Å². The average Bonchev–Trinajstić information content (AvgIpc) is 3.51. The van der Waals surface area contributed by atoms with Crippen LogP contribution in [0.25, 0.3) is 28.2 Å². The predicted octanol–water partition coefficient (Wildman–Crippen LogP) is 6.45. The van der Waals surface area contributed by atoms with Gasteiger partial charge >= 0.3 is 6.61 Å². The molecule has 3 heterocycles. The van der Waals surface area contributed by atoms with Crippen molar-refractivity contribution < 1.29 is 31.5 Å². The molecule has 0 aliphatic heterocycles. The standard InChI is InChI=1S/C24H14F5N5O2S/c25-14-5-1-12(2-6-14)17-9-19(20(26)27)34-21(31-17)16(10-30-34)22(35)33-24-32-18(11-37-24)13-3-7-15(8-4-13)36-23(28)29/h1-11,20,23H,(H,32,33,35). The van der Waals surface area contributed by atoms with Crippen molar-refractivity contribution in [2.45, 2.75) is 13.0 Å². The van der Waals surface area contributed by atoms with Crippen LogP contribution in [0, 0.1) is 5.82 Å². The Morgan fingerprint density at radius 2 is 1.62 bits per heavy atom. The van der Waals surface area contributed by atoms with Crippen LogP contribution in [0.5, 0.6) is 5.75 Å². The molecule has 0 unspecified atom stereocenters.